The smallest absolute Gasteiger partial charge is 0.264 e. The van der Waals surface area contributed by atoms with Gasteiger partial charge in [0.15, 0.2) is 0 Å². The summed E-state index contributed by atoms with van der Waals surface area (Å²) >= 11 is 2.35. The van der Waals surface area contributed by atoms with E-state index >= 15 is 0 Å². The predicted octanol–water partition coefficient (Wildman–Crippen LogP) is 5.43. The molecule has 1 aromatic heterocycles. The van der Waals surface area contributed by atoms with Gasteiger partial charge in [-0.1, -0.05) is 26.0 Å². The maximum absolute atomic E-state index is 12.8. The molecule has 0 saturated carbocycles. The van der Waals surface area contributed by atoms with Crippen LogP contribution in [0.1, 0.15) is 56.0 Å². The van der Waals surface area contributed by atoms with E-state index in [-0.39, 0.29) is 11.5 Å². The summed E-state index contributed by atoms with van der Waals surface area (Å²) in [7, 11) is 0. The number of amides is 1. The van der Waals surface area contributed by atoms with Gasteiger partial charge >= 0.3 is 0 Å². The van der Waals surface area contributed by atoms with E-state index < -0.39 is 0 Å². The van der Waals surface area contributed by atoms with Gasteiger partial charge in [0.05, 0.1) is 5.69 Å². The fraction of sp³-hybridized carbons (Fsp3) is 0.391. The Bertz CT molecular complexity index is 943. The zero-order valence-electron chi connectivity index (χ0n) is 16.7. The summed E-state index contributed by atoms with van der Waals surface area (Å²) in [6, 6.07) is 12.5. The molecule has 3 rings (SSSR count). The summed E-state index contributed by atoms with van der Waals surface area (Å²) in [4.78, 5) is 14.6. The third kappa shape index (κ3) is 4.17. The average molecular weight is 487 g/mol. The summed E-state index contributed by atoms with van der Waals surface area (Å²) in [5, 5.41) is 9.65. The van der Waals surface area contributed by atoms with Crippen molar-refractivity contribution in [2.45, 2.75) is 46.0 Å². The number of benzene rings is 1. The molecule has 1 saturated heterocycles. The number of carbonyl (C=O) groups excluding carboxylic acids is 1. The van der Waals surface area contributed by atoms with Crippen molar-refractivity contribution in [3.05, 3.63) is 56.4 Å². The van der Waals surface area contributed by atoms with E-state index in [2.05, 4.69) is 72.2 Å². The predicted molar refractivity (Wildman–Crippen MR) is 121 cm³/mol. The maximum atomic E-state index is 12.8. The minimum atomic E-state index is -0.144. The van der Waals surface area contributed by atoms with Crippen LogP contribution in [0.5, 0.6) is 0 Å². The van der Waals surface area contributed by atoms with Gasteiger partial charge in [-0.3, -0.25) is 4.79 Å². The second kappa shape index (κ2) is 8.95. The summed E-state index contributed by atoms with van der Waals surface area (Å²) in [6.45, 7) is 7.88. The number of para-hydroxylation sites is 1. The molecule has 1 amide bonds. The van der Waals surface area contributed by atoms with Crippen LogP contribution in [0.25, 0.3) is 11.8 Å². The van der Waals surface area contributed by atoms with Gasteiger partial charge in [-0.2, -0.15) is 5.26 Å². The lowest BCUT2D eigenvalue weighted by atomic mass is 10.1. The molecule has 1 aromatic carbocycles. The standard InChI is InChI=1S/C23H26IN3O/c1-16(2)22-14-18(17(3)27(22)21-10-6-5-9-20(21)24)13-19(15-25)23(28)26-11-7-4-8-12-26/h5-6,9-10,13-14,16H,4,7-8,11-12H2,1-3H3/b19-13+. The highest BCUT2D eigenvalue weighted by molar-refractivity contribution is 14.1. The van der Waals surface area contributed by atoms with E-state index in [1.807, 2.05) is 17.0 Å². The largest absolute Gasteiger partial charge is 0.338 e. The monoisotopic (exact) mass is 487 g/mol. The molecule has 0 bridgehead atoms. The molecule has 2 heterocycles. The zero-order valence-corrected chi connectivity index (χ0v) is 18.9. The summed E-state index contributed by atoms with van der Waals surface area (Å²) < 4.78 is 3.42. The molecule has 28 heavy (non-hydrogen) atoms. The van der Waals surface area contributed by atoms with Crippen LogP contribution in [0.4, 0.5) is 0 Å². The van der Waals surface area contributed by atoms with Gasteiger partial charge in [-0.15, -0.1) is 0 Å². The van der Waals surface area contributed by atoms with E-state index in [4.69, 9.17) is 0 Å². The first kappa shape index (κ1) is 20.7. The number of aromatic nitrogens is 1. The Balaban J connectivity index is 2.06. The van der Waals surface area contributed by atoms with Gasteiger partial charge in [0, 0.05) is 28.0 Å². The summed E-state index contributed by atoms with van der Waals surface area (Å²) in [5.41, 5.74) is 4.51. The topological polar surface area (TPSA) is 49.0 Å². The third-order valence-electron chi connectivity index (χ3n) is 5.29. The second-order valence-electron chi connectivity index (χ2n) is 7.57. The first-order chi connectivity index (χ1) is 13.4. The lowest BCUT2D eigenvalue weighted by molar-refractivity contribution is -0.127. The lowest BCUT2D eigenvalue weighted by Crippen LogP contribution is -2.36. The van der Waals surface area contributed by atoms with Crippen LogP contribution in [-0.4, -0.2) is 28.5 Å². The number of nitrogens with zero attached hydrogens (tertiary/aromatic N) is 3. The van der Waals surface area contributed by atoms with Crippen molar-refractivity contribution in [3.8, 4) is 11.8 Å². The Hall–Kier alpha value is -2.07. The van der Waals surface area contributed by atoms with Crippen molar-refractivity contribution in [1.29, 1.82) is 5.26 Å². The Morgan fingerprint density at radius 1 is 1.21 bits per heavy atom. The van der Waals surface area contributed by atoms with E-state index in [0.717, 1.165) is 49.3 Å². The lowest BCUT2D eigenvalue weighted by Gasteiger charge is -2.26. The Morgan fingerprint density at radius 3 is 2.50 bits per heavy atom. The number of carbonyl (C=O) groups is 1. The Morgan fingerprint density at radius 2 is 1.89 bits per heavy atom. The van der Waals surface area contributed by atoms with Crippen molar-refractivity contribution in [1.82, 2.24) is 9.47 Å². The Labute approximate surface area is 181 Å². The molecule has 1 fully saturated rings. The average Bonchev–Trinajstić information content (AvgIpc) is 3.03. The first-order valence-corrected chi connectivity index (χ1v) is 10.9. The van der Waals surface area contributed by atoms with Crippen LogP contribution in [0.3, 0.4) is 0 Å². The summed E-state index contributed by atoms with van der Waals surface area (Å²) in [5.74, 6) is 0.176. The minimum Gasteiger partial charge on any atom is -0.338 e. The van der Waals surface area contributed by atoms with Crippen LogP contribution in [0, 0.1) is 21.8 Å². The van der Waals surface area contributed by atoms with Crippen LogP contribution in [0.15, 0.2) is 35.9 Å². The molecule has 0 radical (unpaired) electrons. The number of nitriles is 1. The van der Waals surface area contributed by atoms with Gasteiger partial charge < -0.3 is 9.47 Å². The van der Waals surface area contributed by atoms with Gasteiger partial charge in [-0.05, 0) is 84.5 Å². The van der Waals surface area contributed by atoms with Crippen LogP contribution >= 0.6 is 22.6 Å². The number of piperidine rings is 1. The minimum absolute atomic E-state index is 0.144. The molecule has 5 heteroatoms. The normalized spacial score (nSPS) is 15.0. The van der Waals surface area contributed by atoms with Crippen molar-refractivity contribution in [2.75, 3.05) is 13.1 Å². The van der Waals surface area contributed by atoms with Gasteiger partial charge in [0.25, 0.3) is 5.91 Å². The fourth-order valence-electron chi connectivity index (χ4n) is 3.74. The second-order valence-corrected chi connectivity index (χ2v) is 8.74. The maximum Gasteiger partial charge on any atom is 0.264 e. The number of rotatable bonds is 4. The van der Waals surface area contributed by atoms with Crippen molar-refractivity contribution < 1.29 is 4.79 Å². The number of likely N-dealkylation sites (tertiary alicyclic amines) is 1. The molecule has 4 nitrogen and oxygen atoms in total. The van der Waals surface area contributed by atoms with Gasteiger partial charge in [0.2, 0.25) is 0 Å². The van der Waals surface area contributed by atoms with Crippen molar-refractivity contribution in [3.63, 3.8) is 0 Å². The molecule has 1 aliphatic heterocycles. The first-order valence-electron chi connectivity index (χ1n) is 9.82. The van der Waals surface area contributed by atoms with E-state index in [0.29, 0.717) is 5.92 Å². The molecule has 0 aliphatic carbocycles. The number of halogens is 1. The van der Waals surface area contributed by atoms with E-state index in [9.17, 15) is 10.1 Å². The van der Waals surface area contributed by atoms with Gasteiger partial charge in [0.1, 0.15) is 11.6 Å². The molecule has 0 atom stereocenters. The quantitative estimate of drug-likeness (QED) is 0.328. The van der Waals surface area contributed by atoms with Crippen molar-refractivity contribution in [2.24, 2.45) is 0 Å². The molecule has 146 valence electrons. The number of hydrogen-bond donors (Lipinski definition) is 0. The van der Waals surface area contributed by atoms with Gasteiger partial charge in [-0.25, -0.2) is 0 Å². The summed E-state index contributed by atoms with van der Waals surface area (Å²) in [6.07, 6.45) is 4.96. The highest BCUT2D eigenvalue weighted by Crippen LogP contribution is 2.30. The molecule has 1 aliphatic rings. The highest BCUT2D eigenvalue weighted by Gasteiger charge is 2.22. The Kier molecular flexibility index (Phi) is 6.61. The fourth-order valence-corrected chi connectivity index (χ4v) is 4.37. The molecule has 0 unspecified atom stereocenters. The SMILES string of the molecule is Cc1c(/C=C(\C#N)C(=O)N2CCCCC2)cc(C(C)C)n1-c1ccccc1I. The van der Waals surface area contributed by atoms with Crippen LogP contribution in [-0.2, 0) is 4.79 Å². The highest BCUT2D eigenvalue weighted by atomic mass is 127. The molecule has 2 aromatic rings. The van der Waals surface area contributed by atoms with Crippen LogP contribution < -0.4 is 0 Å². The molecular weight excluding hydrogens is 461 g/mol. The van der Waals surface area contributed by atoms with E-state index in [1.54, 1.807) is 6.08 Å². The third-order valence-corrected chi connectivity index (χ3v) is 6.21. The van der Waals surface area contributed by atoms with Crippen LogP contribution in [0.2, 0.25) is 0 Å². The molecule has 0 spiro atoms. The molecule has 0 N–H and O–H groups in total. The zero-order chi connectivity index (χ0) is 20.3. The van der Waals surface area contributed by atoms with E-state index in [1.165, 1.54) is 9.26 Å². The molecular formula is C23H26IN3O. The van der Waals surface area contributed by atoms with Crippen molar-refractivity contribution >= 4 is 34.6 Å². The number of hydrogen-bond acceptors (Lipinski definition) is 2.